The Morgan fingerprint density at radius 3 is 2.60 bits per heavy atom. The standard InChI is InChI=1S/C13H24N2O4S/c1-8(2)10(14-13(18)19-3)7-15-6-9(20-4)5-11(15)12(16)17/h8-11H,5-7H2,1-4H3,(H,14,18)(H,16,17)/t9-,10+,11-/m0/s1. The Hall–Kier alpha value is -0.950. The van der Waals surface area contributed by atoms with Crippen molar-refractivity contribution in [3.8, 4) is 0 Å². The summed E-state index contributed by atoms with van der Waals surface area (Å²) in [5.41, 5.74) is 0. The van der Waals surface area contributed by atoms with Gasteiger partial charge in [-0.25, -0.2) is 4.79 Å². The van der Waals surface area contributed by atoms with E-state index in [-0.39, 0.29) is 12.0 Å². The van der Waals surface area contributed by atoms with Crippen LogP contribution in [0.25, 0.3) is 0 Å². The van der Waals surface area contributed by atoms with E-state index in [0.717, 1.165) is 6.54 Å². The number of hydrogen-bond donors (Lipinski definition) is 2. The monoisotopic (exact) mass is 304 g/mol. The summed E-state index contributed by atoms with van der Waals surface area (Å²) in [6, 6.07) is -0.585. The molecule has 1 saturated heterocycles. The van der Waals surface area contributed by atoms with Gasteiger partial charge in [-0.05, 0) is 18.6 Å². The number of methoxy groups -OCH3 is 1. The average molecular weight is 304 g/mol. The van der Waals surface area contributed by atoms with E-state index in [0.29, 0.717) is 18.2 Å². The Bertz CT molecular complexity index is 351. The maximum atomic E-state index is 11.4. The van der Waals surface area contributed by atoms with E-state index < -0.39 is 18.1 Å². The smallest absolute Gasteiger partial charge is 0.407 e. The molecule has 1 amide bonds. The first-order chi connectivity index (χ1) is 9.38. The van der Waals surface area contributed by atoms with Crippen molar-refractivity contribution >= 4 is 23.8 Å². The zero-order valence-electron chi connectivity index (χ0n) is 12.5. The number of nitrogens with zero attached hydrogens (tertiary/aromatic N) is 1. The highest BCUT2D eigenvalue weighted by molar-refractivity contribution is 7.99. The summed E-state index contributed by atoms with van der Waals surface area (Å²) < 4.78 is 4.62. The lowest BCUT2D eigenvalue weighted by Crippen LogP contribution is -2.49. The number of nitrogens with one attached hydrogen (secondary N) is 1. The molecular weight excluding hydrogens is 280 g/mol. The summed E-state index contributed by atoms with van der Waals surface area (Å²) in [5.74, 6) is -0.584. The van der Waals surface area contributed by atoms with E-state index in [2.05, 4.69) is 10.1 Å². The molecule has 1 fully saturated rings. The van der Waals surface area contributed by atoms with Gasteiger partial charge in [-0.2, -0.15) is 11.8 Å². The van der Waals surface area contributed by atoms with Crippen LogP contribution in [0, 0.1) is 5.92 Å². The first kappa shape index (κ1) is 17.1. The van der Waals surface area contributed by atoms with Gasteiger partial charge < -0.3 is 15.2 Å². The molecule has 116 valence electrons. The van der Waals surface area contributed by atoms with E-state index >= 15 is 0 Å². The van der Waals surface area contributed by atoms with Crippen molar-refractivity contribution in [2.75, 3.05) is 26.5 Å². The maximum Gasteiger partial charge on any atom is 0.407 e. The van der Waals surface area contributed by atoms with Crippen LogP contribution >= 0.6 is 11.8 Å². The summed E-state index contributed by atoms with van der Waals surface area (Å²) in [6.45, 7) is 5.27. The van der Waals surface area contributed by atoms with Gasteiger partial charge in [0.25, 0.3) is 0 Å². The molecule has 0 aromatic rings. The molecule has 20 heavy (non-hydrogen) atoms. The summed E-state index contributed by atoms with van der Waals surface area (Å²) in [4.78, 5) is 24.7. The van der Waals surface area contributed by atoms with E-state index in [4.69, 9.17) is 0 Å². The maximum absolute atomic E-state index is 11.4. The van der Waals surface area contributed by atoms with E-state index in [1.807, 2.05) is 25.0 Å². The number of alkyl carbamates (subject to hydrolysis) is 1. The van der Waals surface area contributed by atoms with Gasteiger partial charge in [-0.1, -0.05) is 13.8 Å². The number of rotatable bonds is 6. The molecule has 0 saturated carbocycles. The van der Waals surface area contributed by atoms with Crippen molar-refractivity contribution in [2.24, 2.45) is 5.92 Å². The fourth-order valence-corrected chi connectivity index (χ4v) is 3.09. The number of carbonyl (C=O) groups excluding carboxylic acids is 1. The lowest BCUT2D eigenvalue weighted by molar-refractivity contribution is -0.142. The second kappa shape index (κ2) is 7.73. The minimum atomic E-state index is -0.790. The average Bonchev–Trinajstić information content (AvgIpc) is 2.80. The molecule has 0 aromatic carbocycles. The highest BCUT2D eigenvalue weighted by atomic mass is 32.2. The lowest BCUT2D eigenvalue weighted by atomic mass is 10.0. The summed E-state index contributed by atoms with van der Waals surface area (Å²) in [5, 5.41) is 12.4. The Labute approximate surface area is 124 Å². The van der Waals surface area contributed by atoms with Crippen molar-refractivity contribution in [2.45, 2.75) is 37.6 Å². The van der Waals surface area contributed by atoms with Crippen LogP contribution in [-0.2, 0) is 9.53 Å². The van der Waals surface area contributed by atoms with Crippen LogP contribution in [0.2, 0.25) is 0 Å². The van der Waals surface area contributed by atoms with Crippen LogP contribution in [0.1, 0.15) is 20.3 Å². The summed E-state index contributed by atoms with van der Waals surface area (Å²) >= 11 is 1.69. The van der Waals surface area contributed by atoms with Crippen LogP contribution in [0.3, 0.4) is 0 Å². The molecule has 3 atom stereocenters. The van der Waals surface area contributed by atoms with Gasteiger partial charge in [0, 0.05) is 24.4 Å². The van der Waals surface area contributed by atoms with Gasteiger partial charge in [-0.3, -0.25) is 9.69 Å². The minimum absolute atomic E-state index is 0.120. The van der Waals surface area contributed by atoms with Gasteiger partial charge in [0.05, 0.1) is 7.11 Å². The predicted octanol–water partition coefficient (Wildman–Crippen LogP) is 1.26. The third-order valence-electron chi connectivity index (χ3n) is 3.71. The molecule has 1 aliphatic rings. The molecule has 0 aliphatic carbocycles. The van der Waals surface area contributed by atoms with Crippen molar-refractivity contribution < 1.29 is 19.4 Å². The lowest BCUT2D eigenvalue weighted by Gasteiger charge is -2.29. The Balaban J connectivity index is 2.70. The number of carboxylic acid groups (broad SMARTS) is 1. The highest BCUT2D eigenvalue weighted by Gasteiger charge is 2.38. The van der Waals surface area contributed by atoms with Crippen LogP contribution in [0.15, 0.2) is 0 Å². The highest BCUT2D eigenvalue weighted by Crippen LogP contribution is 2.26. The molecule has 1 aliphatic heterocycles. The van der Waals surface area contributed by atoms with Crippen molar-refractivity contribution in [3.05, 3.63) is 0 Å². The van der Waals surface area contributed by atoms with E-state index in [9.17, 15) is 14.7 Å². The van der Waals surface area contributed by atoms with Crippen LogP contribution in [-0.4, -0.2) is 65.9 Å². The molecule has 1 heterocycles. The number of aliphatic carboxylic acids is 1. The third-order valence-corrected chi connectivity index (χ3v) is 4.72. The first-order valence-corrected chi connectivity index (χ1v) is 8.02. The summed E-state index contributed by atoms with van der Waals surface area (Å²) in [6.07, 6.45) is 2.18. The molecule has 0 unspecified atom stereocenters. The Morgan fingerprint density at radius 1 is 1.50 bits per heavy atom. The second-order valence-electron chi connectivity index (χ2n) is 5.39. The molecule has 7 heteroatoms. The number of ether oxygens (including phenoxy) is 1. The topological polar surface area (TPSA) is 78.9 Å². The largest absolute Gasteiger partial charge is 0.480 e. The quantitative estimate of drug-likeness (QED) is 0.769. The Morgan fingerprint density at radius 2 is 2.15 bits per heavy atom. The van der Waals surface area contributed by atoms with Gasteiger partial charge >= 0.3 is 12.1 Å². The molecule has 0 spiro atoms. The van der Waals surface area contributed by atoms with Crippen molar-refractivity contribution in [1.29, 1.82) is 0 Å². The Kier molecular flexibility index (Phi) is 6.61. The van der Waals surface area contributed by atoms with Gasteiger partial charge in [0.15, 0.2) is 0 Å². The minimum Gasteiger partial charge on any atom is -0.480 e. The van der Waals surface area contributed by atoms with Crippen LogP contribution < -0.4 is 5.32 Å². The van der Waals surface area contributed by atoms with E-state index in [1.165, 1.54) is 7.11 Å². The first-order valence-electron chi connectivity index (χ1n) is 6.73. The molecular formula is C13H24N2O4S. The molecule has 0 radical (unpaired) electrons. The molecule has 0 aromatic heterocycles. The van der Waals surface area contributed by atoms with Gasteiger partial charge in [-0.15, -0.1) is 0 Å². The number of hydrogen-bond acceptors (Lipinski definition) is 5. The predicted molar refractivity (Wildman–Crippen MR) is 79.1 cm³/mol. The van der Waals surface area contributed by atoms with Crippen molar-refractivity contribution in [3.63, 3.8) is 0 Å². The zero-order valence-corrected chi connectivity index (χ0v) is 13.3. The number of amides is 1. The molecule has 2 N–H and O–H groups in total. The summed E-state index contributed by atoms with van der Waals surface area (Å²) in [7, 11) is 1.33. The van der Waals surface area contributed by atoms with Gasteiger partial charge in [0.1, 0.15) is 6.04 Å². The number of carbonyl (C=O) groups is 2. The zero-order chi connectivity index (χ0) is 15.3. The fraction of sp³-hybridized carbons (Fsp3) is 0.846. The fourth-order valence-electron chi connectivity index (χ4n) is 2.38. The molecule has 0 bridgehead atoms. The number of thioether (sulfide) groups is 1. The van der Waals surface area contributed by atoms with Crippen LogP contribution in [0.4, 0.5) is 4.79 Å². The number of carboxylic acids is 1. The SMILES string of the molecule is COC(=O)N[C@H](CN1C[C@@H](SC)C[C@H]1C(=O)O)C(C)C. The number of likely N-dealkylation sites (tertiary alicyclic amines) is 1. The van der Waals surface area contributed by atoms with Crippen molar-refractivity contribution in [1.82, 2.24) is 10.2 Å². The molecule has 1 rings (SSSR count). The third kappa shape index (κ3) is 4.56. The van der Waals surface area contributed by atoms with Gasteiger partial charge in [0.2, 0.25) is 0 Å². The normalized spacial score (nSPS) is 24.6. The second-order valence-corrected chi connectivity index (χ2v) is 6.53. The van der Waals surface area contributed by atoms with E-state index in [1.54, 1.807) is 11.8 Å². The molecule has 6 nitrogen and oxygen atoms in total. The van der Waals surface area contributed by atoms with Crippen LogP contribution in [0.5, 0.6) is 0 Å².